The molecule has 0 saturated heterocycles. The molecule has 0 bridgehead atoms. The van der Waals surface area contributed by atoms with E-state index in [1.807, 2.05) is 0 Å². The van der Waals surface area contributed by atoms with Crippen molar-refractivity contribution in [1.29, 1.82) is 0 Å². The maximum absolute atomic E-state index is 9.51. The molecule has 0 radical (unpaired) electrons. The normalized spacial score (nSPS) is 11.0. The van der Waals surface area contributed by atoms with Gasteiger partial charge in [0.1, 0.15) is 10.1 Å². The average molecular weight is 272 g/mol. The van der Waals surface area contributed by atoms with Crippen LogP contribution in [-0.2, 0) is 32.5 Å². The van der Waals surface area contributed by atoms with E-state index in [4.69, 9.17) is 0 Å². The van der Waals surface area contributed by atoms with Crippen LogP contribution in [0.15, 0.2) is 0 Å². The molecule has 0 atom stereocenters. The van der Waals surface area contributed by atoms with Crippen LogP contribution in [0.1, 0.15) is 0 Å². The van der Waals surface area contributed by atoms with Crippen LogP contribution in [0.4, 0.5) is 0 Å². The Kier molecular flexibility index (Phi) is 6.15. The molecule has 0 aliphatic carbocycles. The van der Waals surface area contributed by atoms with E-state index in [1.54, 1.807) is 0 Å². The molecule has 0 unspecified atom stereocenters. The summed E-state index contributed by atoms with van der Waals surface area (Å²) in [5.74, 6) is 0. The van der Waals surface area contributed by atoms with Gasteiger partial charge in [0.05, 0.1) is 0 Å². The van der Waals surface area contributed by atoms with Gasteiger partial charge >= 0.3 is 22.4 Å². The fraction of sp³-hybridized carbons (Fsp3) is 1.00. The van der Waals surface area contributed by atoms with Crippen molar-refractivity contribution >= 4 is 33.3 Å². The van der Waals surface area contributed by atoms with Crippen LogP contribution in [0.3, 0.4) is 0 Å². The van der Waals surface area contributed by atoms with E-state index in [0.29, 0.717) is 0 Å². The second kappa shape index (κ2) is 4.11. The summed E-state index contributed by atoms with van der Waals surface area (Å²) in [5.41, 5.74) is 0. The topological polar surface area (TPSA) is 57.2 Å². The van der Waals surface area contributed by atoms with Crippen molar-refractivity contribution in [3.63, 3.8) is 0 Å². The molecule has 0 heterocycles. The molecule has 0 spiro atoms. The first-order valence-electron chi connectivity index (χ1n) is 1.17. The van der Waals surface area contributed by atoms with Crippen LogP contribution in [0, 0.1) is 0 Å². The molecule has 0 N–H and O–H groups in total. The van der Waals surface area contributed by atoms with Crippen molar-refractivity contribution < 1.29 is 35.4 Å². The summed E-state index contributed by atoms with van der Waals surface area (Å²) in [5, 5.41) is 0. The Labute approximate surface area is 72.6 Å². The number of halogens is 2. The second-order valence-electron chi connectivity index (χ2n) is 0.753. The van der Waals surface area contributed by atoms with Gasteiger partial charge in [-0.05, 0) is 0 Å². The van der Waals surface area contributed by atoms with Gasteiger partial charge in [-0.1, -0.05) is 23.2 Å². The van der Waals surface area contributed by atoms with Crippen LogP contribution in [0.5, 0.6) is 0 Å². The Hall–Kier alpha value is 1.23. The van der Waals surface area contributed by atoms with Gasteiger partial charge in [-0.25, -0.2) is 8.42 Å². The third-order valence-corrected chi connectivity index (χ3v) is 1.96. The standard InChI is InChI=1S/CH2Cl2O3S.Ag/c2-1(3)7(4,5)6;/h1H,(H,4,5,6);/q;+1/p-1. The molecule has 0 rings (SSSR count). The van der Waals surface area contributed by atoms with E-state index in [9.17, 15) is 13.0 Å². The molecule has 0 aromatic rings. The fourth-order valence-corrected chi connectivity index (χ4v) is 0. The molecule has 0 amide bonds. The fourth-order valence-electron chi connectivity index (χ4n) is 0. The minimum atomic E-state index is -4.46. The van der Waals surface area contributed by atoms with Gasteiger partial charge < -0.3 is 4.55 Å². The molecule has 3 nitrogen and oxygen atoms in total. The second-order valence-corrected chi connectivity index (χ2v) is 3.82. The summed E-state index contributed by atoms with van der Waals surface area (Å²) < 4.78 is 26.7. The Morgan fingerprint density at radius 2 is 1.50 bits per heavy atom. The van der Waals surface area contributed by atoms with E-state index in [0.717, 1.165) is 0 Å². The molecule has 0 saturated carbocycles. The minimum absolute atomic E-state index is 0. The van der Waals surface area contributed by atoms with E-state index in [2.05, 4.69) is 23.2 Å². The monoisotopic (exact) mass is 270 g/mol. The summed E-state index contributed by atoms with van der Waals surface area (Å²) in [6, 6.07) is 0. The zero-order chi connectivity index (χ0) is 6.08. The summed E-state index contributed by atoms with van der Waals surface area (Å²) >= 11 is 9.24. The van der Waals surface area contributed by atoms with Gasteiger partial charge in [-0.15, -0.1) is 0 Å². The van der Waals surface area contributed by atoms with Crippen molar-refractivity contribution in [2.24, 2.45) is 0 Å². The Morgan fingerprint density at radius 1 is 1.38 bits per heavy atom. The zero-order valence-corrected chi connectivity index (χ0v) is 7.08. The van der Waals surface area contributed by atoms with E-state index < -0.39 is 14.3 Å². The van der Waals surface area contributed by atoms with E-state index in [-0.39, 0.29) is 22.4 Å². The molecule has 0 aliphatic heterocycles. The summed E-state index contributed by atoms with van der Waals surface area (Å²) in [6.07, 6.45) is 0. The summed E-state index contributed by atoms with van der Waals surface area (Å²) in [6.45, 7) is 0. The number of rotatable bonds is 1. The van der Waals surface area contributed by atoms with Gasteiger partial charge in [0, 0.05) is 0 Å². The molecule has 0 aromatic heterocycles. The van der Waals surface area contributed by atoms with Crippen LogP contribution >= 0.6 is 23.2 Å². The van der Waals surface area contributed by atoms with Gasteiger partial charge in [0.25, 0.3) is 0 Å². The zero-order valence-electron chi connectivity index (χ0n) is 3.27. The Morgan fingerprint density at radius 3 is 1.50 bits per heavy atom. The first-order valence-corrected chi connectivity index (χ1v) is 3.52. The van der Waals surface area contributed by atoms with Gasteiger partial charge in [-0.3, -0.25) is 0 Å². The molecule has 0 fully saturated rings. The molecule has 0 aromatic carbocycles. The molecule has 0 aliphatic rings. The van der Waals surface area contributed by atoms with Crippen molar-refractivity contribution in [1.82, 2.24) is 0 Å². The SMILES string of the molecule is O=S(=O)([O-])C(Cl)Cl.[Ag+]. The Bertz CT molecular complexity index is 139. The van der Waals surface area contributed by atoms with Gasteiger partial charge in [0.2, 0.25) is 0 Å². The van der Waals surface area contributed by atoms with Crippen LogP contribution in [0.25, 0.3) is 0 Å². The largest absolute Gasteiger partial charge is 1.00 e. The molecular formula is CHAgCl2O3S. The van der Waals surface area contributed by atoms with Crippen molar-refractivity contribution in [3.8, 4) is 0 Å². The van der Waals surface area contributed by atoms with Crippen molar-refractivity contribution in [2.45, 2.75) is 4.17 Å². The molecule has 54 valence electrons. The van der Waals surface area contributed by atoms with Crippen LogP contribution < -0.4 is 0 Å². The van der Waals surface area contributed by atoms with Gasteiger partial charge in [-0.2, -0.15) is 0 Å². The Balaban J connectivity index is 0. The van der Waals surface area contributed by atoms with Crippen LogP contribution in [-0.4, -0.2) is 17.1 Å². The number of hydrogen-bond acceptors (Lipinski definition) is 3. The maximum Gasteiger partial charge on any atom is 1.00 e. The van der Waals surface area contributed by atoms with E-state index >= 15 is 0 Å². The number of hydrogen-bond donors (Lipinski definition) is 0. The molecule has 8 heavy (non-hydrogen) atoms. The summed E-state index contributed by atoms with van der Waals surface area (Å²) in [4.78, 5) is 0. The van der Waals surface area contributed by atoms with Crippen molar-refractivity contribution in [2.75, 3.05) is 0 Å². The van der Waals surface area contributed by atoms with Gasteiger partial charge in [0.15, 0.2) is 4.17 Å². The first kappa shape index (κ1) is 12.0. The quantitative estimate of drug-likeness (QED) is 0.391. The van der Waals surface area contributed by atoms with Crippen LogP contribution in [0.2, 0.25) is 0 Å². The molecular weight excluding hydrogens is 271 g/mol. The average Bonchev–Trinajstić information content (AvgIpc) is 1.31. The summed E-state index contributed by atoms with van der Waals surface area (Å²) in [7, 11) is -4.46. The van der Waals surface area contributed by atoms with E-state index in [1.165, 1.54) is 0 Å². The van der Waals surface area contributed by atoms with Crippen molar-refractivity contribution in [3.05, 3.63) is 0 Å². The predicted octanol–water partition coefficient (Wildman–Crippen LogP) is 0.290. The molecule has 7 heteroatoms. The minimum Gasteiger partial charge on any atom is -0.746 e. The smallest absolute Gasteiger partial charge is 0.746 e. The third kappa shape index (κ3) is 5.37. The third-order valence-electron chi connectivity index (χ3n) is 0.218. The number of alkyl halides is 2. The first-order chi connectivity index (χ1) is 2.94. The maximum atomic E-state index is 9.51. The predicted molar refractivity (Wildman–Crippen MR) is 25.2 cm³/mol.